The fourth-order valence-corrected chi connectivity index (χ4v) is 4.55. The Balaban J connectivity index is 1.22. The van der Waals surface area contributed by atoms with Gasteiger partial charge in [-0.3, -0.25) is 9.59 Å². The fourth-order valence-electron chi connectivity index (χ4n) is 4.55. The molecule has 172 valence electrons. The summed E-state index contributed by atoms with van der Waals surface area (Å²) >= 11 is 0. The zero-order chi connectivity index (χ0) is 23.7. The van der Waals surface area contributed by atoms with Crippen LogP contribution in [0, 0.1) is 0 Å². The van der Waals surface area contributed by atoms with Crippen LogP contribution in [-0.4, -0.2) is 35.2 Å². The highest BCUT2D eigenvalue weighted by atomic mass is 16.5. The maximum absolute atomic E-state index is 12.9. The third-order valence-corrected chi connectivity index (χ3v) is 6.41. The van der Waals surface area contributed by atoms with Gasteiger partial charge in [-0.25, -0.2) is 4.79 Å². The number of amides is 2. The number of fused-ring (bicyclic) bond motifs is 3. The Morgan fingerprint density at radius 1 is 0.912 bits per heavy atom. The van der Waals surface area contributed by atoms with Crippen molar-refractivity contribution in [3.63, 3.8) is 0 Å². The average Bonchev–Trinajstić information content (AvgIpc) is 3.53. The first-order valence-electron chi connectivity index (χ1n) is 11.2. The quantitative estimate of drug-likeness (QED) is 0.491. The van der Waals surface area contributed by atoms with Crippen LogP contribution in [-0.2, 0) is 20.7 Å². The van der Waals surface area contributed by atoms with Gasteiger partial charge in [0.15, 0.2) is 0 Å². The highest BCUT2D eigenvalue weighted by Gasteiger charge is 2.51. The van der Waals surface area contributed by atoms with Gasteiger partial charge in [-0.1, -0.05) is 60.7 Å². The fraction of sp³-hybridized carbons (Fsp3) is 0.222. The van der Waals surface area contributed by atoms with Crippen LogP contribution in [0.25, 0.3) is 11.1 Å². The highest BCUT2D eigenvalue weighted by Crippen LogP contribution is 2.44. The molecule has 3 aromatic rings. The van der Waals surface area contributed by atoms with Gasteiger partial charge in [-0.15, -0.1) is 0 Å². The standard InChI is InChI=1S/C27H24N2O5/c30-24(31)15-17-6-5-7-18(14-17)28-25(32)27(12-13-27)29-26(33)34-16-23-21-10-3-1-8-19(21)20-9-2-4-11-22(20)23/h1-11,14,23H,12-13,15-16H2,(H,28,32)(H,29,33)(H,30,31). The summed E-state index contributed by atoms with van der Waals surface area (Å²) in [7, 11) is 0. The van der Waals surface area contributed by atoms with E-state index in [0.717, 1.165) is 22.3 Å². The Bertz CT molecular complexity index is 1240. The number of carboxylic acids is 1. The van der Waals surface area contributed by atoms with E-state index in [4.69, 9.17) is 9.84 Å². The van der Waals surface area contributed by atoms with Crippen LogP contribution in [0.15, 0.2) is 72.8 Å². The average molecular weight is 456 g/mol. The molecule has 2 aliphatic rings. The van der Waals surface area contributed by atoms with Crippen molar-refractivity contribution in [2.45, 2.75) is 30.7 Å². The van der Waals surface area contributed by atoms with Gasteiger partial charge >= 0.3 is 12.1 Å². The summed E-state index contributed by atoms with van der Waals surface area (Å²) in [6.45, 7) is 0.175. The van der Waals surface area contributed by atoms with Gasteiger partial charge in [-0.2, -0.15) is 0 Å². The van der Waals surface area contributed by atoms with Crippen molar-refractivity contribution in [2.75, 3.05) is 11.9 Å². The number of hydrogen-bond acceptors (Lipinski definition) is 4. The van der Waals surface area contributed by atoms with Gasteiger partial charge in [-0.05, 0) is 52.8 Å². The number of carboxylic acid groups (broad SMARTS) is 1. The van der Waals surface area contributed by atoms with Gasteiger partial charge in [0.1, 0.15) is 12.1 Å². The summed E-state index contributed by atoms with van der Waals surface area (Å²) in [6.07, 6.45) is 0.261. The summed E-state index contributed by atoms with van der Waals surface area (Å²) < 4.78 is 5.58. The number of ether oxygens (including phenoxy) is 1. The Morgan fingerprint density at radius 2 is 1.56 bits per heavy atom. The molecule has 0 aromatic heterocycles. The second-order valence-corrected chi connectivity index (χ2v) is 8.76. The van der Waals surface area contributed by atoms with Crippen LogP contribution >= 0.6 is 0 Å². The predicted octanol–water partition coefficient (Wildman–Crippen LogP) is 4.32. The van der Waals surface area contributed by atoms with Crippen LogP contribution in [0.3, 0.4) is 0 Å². The molecule has 0 bridgehead atoms. The number of nitrogens with one attached hydrogen (secondary N) is 2. The molecule has 7 nitrogen and oxygen atoms in total. The van der Waals surface area contributed by atoms with Gasteiger partial charge in [0.05, 0.1) is 6.42 Å². The first kappa shape index (κ1) is 21.7. The minimum atomic E-state index is -1.01. The number of anilines is 1. The van der Waals surface area contributed by atoms with E-state index < -0.39 is 17.6 Å². The molecule has 0 heterocycles. The molecule has 1 fully saturated rings. The van der Waals surface area contributed by atoms with Crippen molar-refractivity contribution in [1.82, 2.24) is 5.32 Å². The third-order valence-electron chi connectivity index (χ3n) is 6.41. The molecule has 1 saturated carbocycles. The number of rotatable bonds is 7. The Hall–Kier alpha value is -4.13. The SMILES string of the molecule is O=C(O)Cc1cccc(NC(=O)C2(NC(=O)OCC3c4ccccc4-c4ccccc43)CC2)c1. The molecule has 0 radical (unpaired) electrons. The van der Waals surface area contributed by atoms with E-state index in [1.807, 2.05) is 24.3 Å². The van der Waals surface area contributed by atoms with Crippen molar-refractivity contribution in [1.29, 1.82) is 0 Å². The molecule has 0 aliphatic heterocycles. The van der Waals surface area contributed by atoms with Gasteiger partial charge in [0.2, 0.25) is 5.91 Å². The highest BCUT2D eigenvalue weighted by molar-refractivity contribution is 6.02. The Labute approximate surface area is 196 Å². The topological polar surface area (TPSA) is 105 Å². The first-order valence-corrected chi connectivity index (χ1v) is 11.2. The lowest BCUT2D eigenvalue weighted by molar-refractivity contribution is -0.136. The largest absolute Gasteiger partial charge is 0.481 e. The van der Waals surface area contributed by atoms with Gasteiger partial charge in [0.25, 0.3) is 0 Å². The van der Waals surface area contributed by atoms with Crippen LogP contribution in [0.5, 0.6) is 0 Å². The van der Waals surface area contributed by atoms with Crippen molar-refractivity contribution in [2.24, 2.45) is 0 Å². The summed E-state index contributed by atoms with van der Waals surface area (Å²) in [5.41, 5.74) is 4.61. The molecular weight excluding hydrogens is 432 g/mol. The van der Waals surface area contributed by atoms with E-state index >= 15 is 0 Å². The lowest BCUT2D eigenvalue weighted by Crippen LogP contribution is -2.46. The Kier molecular flexibility index (Phi) is 5.53. The molecule has 0 atom stereocenters. The first-order chi connectivity index (χ1) is 16.4. The molecule has 5 rings (SSSR count). The number of aliphatic carboxylic acids is 1. The molecular formula is C27H24N2O5. The monoisotopic (exact) mass is 456 g/mol. The van der Waals surface area contributed by atoms with E-state index in [1.54, 1.807) is 24.3 Å². The molecule has 34 heavy (non-hydrogen) atoms. The molecule has 3 N–H and O–H groups in total. The third kappa shape index (κ3) is 4.24. The van der Waals surface area contributed by atoms with Gasteiger partial charge in [0, 0.05) is 11.6 Å². The number of carbonyl (C=O) groups is 3. The van der Waals surface area contributed by atoms with Crippen molar-refractivity contribution in [3.8, 4) is 11.1 Å². The van der Waals surface area contributed by atoms with Crippen LogP contribution in [0.4, 0.5) is 10.5 Å². The Morgan fingerprint density at radius 3 is 2.18 bits per heavy atom. The van der Waals surface area contributed by atoms with Crippen molar-refractivity contribution >= 4 is 23.7 Å². The van der Waals surface area contributed by atoms with E-state index in [9.17, 15) is 14.4 Å². The molecule has 0 spiro atoms. The maximum atomic E-state index is 12.9. The molecule has 2 aliphatic carbocycles. The van der Waals surface area contributed by atoms with Gasteiger partial charge < -0.3 is 20.5 Å². The number of hydrogen-bond donors (Lipinski definition) is 3. The van der Waals surface area contributed by atoms with Crippen molar-refractivity contribution in [3.05, 3.63) is 89.5 Å². The maximum Gasteiger partial charge on any atom is 0.408 e. The zero-order valence-electron chi connectivity index (χ0n) is 18.4. The van der Waals surface area contributed by atoms with Crippen LogP contribution in [0.1, 0.15) is 35.4 Å². The van der Waals surface area contributed by atoms with Crippen LogP contribution in [0.2, 0.25) is 0 Å². The molecule has 3 aromatic carbocycles. The van der Waals surface area contributed by atoms with E-state index in [2.05, 4.69) is 34.9 Å². The zero-order valence-corrected chi connectivity index (χ0v) is 18.4. The summed E-state index contributed by atoms with van der Waals surface area (Å²) in [4.78, 5) is 36.4. The number of benzene rings is 3. The summed E-state index contributed by atoms with van der Waals surface area (Å²) in [5, 5.41) is 14.5. The number of alkyl carbamates (subject to hydrolysis) is 1. The lowest BCUT2D eigenvalue weighted by Gasteiger charge is -2.19. The molecule has 2 amide bonds. The summed E-state index contributed by atoms with van der Waals surface area (Å²) in [6, 6.07) is 22.9. The minimum Gasteiger partial charge on any atom is -0.481 e. The van der Waals surface area contributed by atoms with Crippen molar-refractivity contribution < 1.29 is 24.2 Å². The smallest absolute Gasteiger partial charge is 0.408 e. The predicted molar refractivity (Wildman–Crippen MR) is 127 cm³/mol. The lowest BCUT2D eigenvalue weighted by atomic mass is 9.98. The van der Waals surface area contributed by atoms with E-state index in [-0.39, 0.29) is 24.9 Å². The summed E-state index contributed by atoms with van der Waals surface area (Å²) in [5.74, 6) is -1.34. The van der Waals surface area contributed by atoms with E-state index in [0.29, 0.717) is 24.1 Å². The molecule has 0 saturated heterocycles. The second kappa shape index (κ2) is 8.67. The second-order valence-electron chi connectivity index (χ2n) is 8.76. The van der Waals surface area contributed by atoms with Crippen LogP contribution < -0.4 is 10.6 Å². The molecule has 0 unspecified atom stereocenters. The normalized spacial score (nSPS) is 15.1. The number of carbonyl (C=O) groups excluding carboxylic acids is 2. The minimum absolute atomic E-state index is 0.0564. The molecule has 7 heteroatoms. The van der Waals surface area contributed by atoms with E-state index in [1.165, 1.54) is 0 Å².